The Morgan fingerprint density at radius 1 is 1.00 bits per heavy atom. The maximum Gasteiger partial charge on any atom is 0.304 e. The number of halogens is 3. The number of nitrogens with one attached hydrogen (secondary N) is 2. The van der Waals surface area contributed by atoms with Gasteiger partial charge in [-0.05, 0) is 54.6 Å². The van der Waals surface area contributed by atoms with Gasteiger partial charge in [0.05, 0.1) is 17.7 Å². The number of amides is 2. The van der Waals surface area contributed by atoms with Gasteiger partial charge in [0.2, 0.25) is 12.3 Å². The fraction of sp³-hybridized carbons (Fsp3) is 0.125. The minimum absolute atomic E-state index is 0.363. The number of carbonyl (C=O) groups is 2. The van der Waals surface area contributed by atoms with E-state index in [2.05, 4.69) is 10.7 Å². The molecule has 2 atom stereocenters. The summed E-state index contributed by atoms with van der Waals surface area (Å²) in [4.78, 5) is 25.9. The molecule has 9 heteroatoms. The van der Waals surface area contributed by atoms with Crippen LogP contribution in [-0.4, -0.2) is 35.9 Å². The van der Waals surface area contributed by atoms with Gasteiger partial charge in [0.15, 0.2) is 6.04 Å². The Labute approximate surface area is 205 Å². The summed E-state index contributed by atoms with van der Waals surface area (Å²) < 4.78 is 6.76. The molecule has 0 unspecified atom stereocenters. The SMILES string of the molecule is COc1ccc(C(=O)N[C@H]2C(=O)N/[N+](=C\c3ccc(Cl)cc3Cl)[C@@H]2c2ccc(Cl)cc2)cc1. The predicted molar refractivity (Wildman–Crippen MR) is 128 cm³/mol. The summed E-state index contributed by atoms with van der Waals surface area (Å²) in [7, 11) is 1.55. The molecule has 0 radical (unpaired) electrons. The average molecular weight is 504 g/mol. The molecule has 2 N–H and O–H groups in total. The lowest BCUT2D eigenvalue weighted by atomic mass is 9.99. The quantitative estimate of drug-likeness (QED) is 0.497. The molecule has 1 fully saturated rings. The summed E-state index contributed by atoms with van der Waals surface area (Å²) in [5.41, 5.74) is 4.65. The van der Waals surface area contributed by atoms with Crippen LogP contribution in [0, 0.1) is 0 Å². The van der Waals surface area contributed by atoms with Crippen LogP contribution >= 0.6 is 34.8 Å². The number of hydrazine groups is 1. The molecule has 0 spiro atoms. The number of hydrogen-bond acceptors (Lipinski definition) is 3. The van der Waals surface area contributed by atoms with Gasteiger partial charge in [0.25, 0.3) is 5.91 Å². The van der Waals surface area contributed by atoms with E-state index in [0.717, 1.165) is 5.56 Å². The Balaban J connectivity index is 1.70. The van der Waals surface area contributed by atoms with Gasteiger partial charge in [-0.2, -0.15) is 0 Å². The van der Waals surface area contributed by atoms with E-state index in [4.69, 9.17) is 39.5 Å². The Hall–Kier alpha value is -3.06. The van der Waals surface area contributed by atoms with Crippen molar-refractivity contribution in [3.05, 3.63) is 98.5 Å². The zero-order valence-electron chi connectivity index (χ0n) is 17.4. The van der Waals surface area contributed by atoms with Crippen LogP contribution in [0.25, 0.3) is 0 Å². The standard InChI is InChI=1S/C24H18Cl3N3O3/c1-33-19-10-5-15(6-11-19)23(31)28-21-22(14-2-7-17(25)8-3-14)30(29-24(21)32)13-16-4-9-18(26)12-20(16)27/h2-13,21-22H,1H3,(H-,28,29,31,32)/p+1/b30-13-/t21-,22-/m1/s1. The lowest BCUT2D eigenvalue weighted by molar-refractivity contribution is -0.596. The van der Waals surface area contributed by atoms with E-state index >= 15 is 0 Å². The molecule has 6 nitrogen and oxygen atoms in total. The number of benzene rings is 3. The smallest absolute Gasteiger partial charge is 0.304 e. The van der Waals surface area contributed by atoms with Crippen molar-refractivity contribution in [1.29, 1.82) is 0 Å². The van der Waals surface area contributed by atoms with Crippen LogP contribution < -0.4 is 15.5 Å². The number of hydrogen-bond donors (Lipinski definition) is 2. The van der Waals surface area contributed by atoms with Crippen LogP contribution in [-0.2, 0) is 4.79 Å². The molecule has 0 bridgehead atoms. The minimum atomic E-state index is -0.872. The maximum absolute atomic E-state index is 12.9. The van der Waals surface area contributed by atoms with Crippen LogP contribution in [0.5, 0.6) is 5.75 Å². The van der Waals surface area contributed by atoms with Crippen LogP contribution in [0.2, 0.25) is 15.1 Å². The van der Waals surface area contributed by atoms with Crippen LogP contribution in [0.3, 0.4) is 0 Å². The van der Waals surface area contributed by atoms with Gasteiger partial charge in [0.1, 0.15) is 5.75 Å². The van der Waals surface area contributed by atoms with E-state index < -0.39 is 12.1 Å². The van der Waals surface area contributed by atoms with Crippen molar-refractivity contribution in [2.24, 2.45) is 0 Å². The molecule has 1 aliphatic rings. The summed E-state index contributed by atoms with van der Waals surface area (Å²) in [6.07, 6.45) is 1.70. The van der Waals surface area contributed by atoms with Gasteiger partial charge in [-0.15, -0.1) is 10.1 Å². The van der Waals surface area contributed by atoms with E-state index in [1.54, 1.807) is 72.6 Å². The molecule has 0 aliphatic carbocycles. The second kappa shape index (κ2) is 9.83. The van der Waals surface area contributed by atoms with Crippen LogP contribution in [0.1, 0.15) is 27.5 Å². The Morgan fingerprint density at radius 3 is 2.30 bits per heavy atom. The molecule has 1 aliphatic heterocycles. The van der Waals surface area contributed by atoms with Crippen molar-refractivity contribution in [1.82, 2.24) is 10.7 Å². The lowest BCUT2D eigenvalue weighted by Gasteiger charge is -2.15. The van der Waals surface area contributed by atoms with Crippen molar-refractivity contribution in [2.75, 3.05) is 7.11 Å². The van der Waals surface area contributed by atoms with Crippen molar-refractivity contribution in [2.45, 2.75) is 12.1 Å². The first kappa shape index (κ1) is 23.1. The van der Waals surface area contributed by atoms with Crippen molar-refractivity contribution >= 4 is 52.8 Å². The molecule has 0 aromatic heterocycles. The number of rotatable bonds is 5. The van der Waals surface area contributed by atoms with Gasteiger partial charge in [0, 0.05) is 21.2 Å². The predicted octanol–water partition coefficient (Wildman–Crippen LogP) is 4.67. The lowest BCUT2D eigenvalue weighted by Crippen LogP contribution is -2.42. The highest BCUT2D eigenvalue weighted by Gasteiger charge is 2.47. The number of nitrogens with zero attached hydrogens (tertiary/aromatic N) is 1. The molecule has 1 heterocycles. The third-order valence-electron chi connectivity index (χ3n) is 5.23. The van der Waals surface area contributed by atoms with Gasteiger partial charge in [-0.3, -0.25) is 9.59 Å². The molecule has 0 saturated carbocycles. The number of hydrazone groups is 1. The summed E-state index contributed by atoms with van der Waals surface area (Å²) >= 11 is 18.4. The Kier molecular flexibility index (Phi) is 6.88. The highest BCUT2D eigenvalue weighted by molar-refractivity contribution is 6.36. The van der Waals surface area contributed by atoms with E-state index in [1.165, 1.54) is 0 Å². The van der Waals surface area contributed by atoms with Gasteiger partial charge in [-0.1, -0.05) is 46.9 Å². The number of ether oxygens (including phenoxy) is 1. The molecule has 2 amide bonds. The maximum atomic E-state index is 12.9. The van der Waals surface area contributed by atoms with Gasteiger partial charge >= 0.3 is 5.91 Å². The zero-order valence-corrected chi connectivity index (χ0v) is 19.7. The van der Waals surface area contributed by atoms with E-state index in [9.17, 15) is 9.59 Å². The molecule has 4 rings (SSSR count). The van der Waals surface area contributed by atoms with E-state index in [1.807, 2.05) is 12.1 Å². The average Bonchev–Trinajstić information content (AvgIpc) is 3.10. The van der Waals surface area contributed by atoms with E-state index in [-0.39, 0.29) is 11.8 Å². The van der Waals surface area contributed by atoms with Crippen molar-refractivity contribution in [3.63, 3.8) is 0 Å². The molecule has 1 saturated heterocycles. The summed E-state index contributed by atoms with van der Waals surface area (Å²) in [6, 6.07) is 17.4. The second-order valence-electron chi connectivity index (χ2n) is 7.35. The monoisotopic (exact) mass is 502 g/mol. The molecule has 3 aromatic carbocycles. The van der Waals surface area contributed by atoms with E-state index in [0.29, 0.717) is 31.9 Å². The summed E-state index contributed by atoms with van der Waals surface area (Å²) in [5, 5.41) is 4.34. The fourth-order valence-corrected chi connectivity index (χ4v) is 4.15. The fourth-order valence-electron chi connectivity index (χ4n) is 3.56. The Morgan fingerprint density at radius 2 is 1.67 bits per heavy atom. The van der Waals surface area contributed by atoms with Crippen molar-refractivity contribution in [3.8, 4) is 5.75 Å². The highest BCUT2D eigenvalue weighted by Crippen LogP contribution is 2.28. The molecular weight excluding hydrogens is 485 g/mol. The molecule has 168 valence electrons. The Bertz CT molecular complexity index is 1230. The highest BCUT2D eigenvalue weighted by atomic mass is 35.5. The largest absolute Gasteiger partial charge is 0.497 e. The molecule has 3 aromatic rings. The third kappa shape index (κ3) is 5.14. The first-order chi connectivity index (χ1) is 15.9. The van der Waals surface area contributed by atoms with Crippen LogP contribution in [0.15, 0.2) is 66.7 Å². The normalized spacial score (nSPS) is 18.8. The summed E-state index contributed by atoms with van der Waals surface area (Å²) in [5.74, 6) is -0.119. The molecule has 33 heavy (non-hydrogen) atoms. The zero-order chi connectivity index (χ0) is 23.5. The minimum Gasteiger partial charge on any atom is -0.497 e. The van der Waals surface area contributed by atoms with Gasteiger partial charge in [-0.25, -0.2) is 0 Å². The second-order valence-corrected chi connectivity index (χ2v) is 8.63. The van der Waals surface area contributed by atoms with Gasteiger partial charge < -0.3 is 10.1 Å². The molecular formula is C24H19Cl3N3O3+. The number of methoxy groups -OCH3 is 1. The number of carbonyl (C=O) groups excluding carboxylic acids is 2. The van der Waals surface area contributed by atoms with Crippen LogP contribution in [0.4, 0.5) is 0 Å². The first-order valence-electron chi connectivity index (χ1n) is 9.95. The van der Waals surface area contributed by atoms with Crippen molar-refractivity contribution < 1.29 is 19.0 Å². The topological polar surface area (TPSA) is 70.4 Å². The first-order valence-corrected chi connectivity index (χ1v) is 11.1. The third-order valence-corrected chi connectivity index (χ3v) is 6.04. The summed E-state index contributed by atoms with van der Waals surface area (Å²) in [6.45, 7) is 0.